The average molecular weight is 469 g/mol. The molecule has 0 spiro atoms. The lowest BCUT2D eigenvalue weighted by molar-refractivity contribution is -0.143. The fraction of sp³-hybridized carbons (Fsp3) is 0.423. The normalized spacial score (nSPS) is 14.5. The zero-order valence-corrected chi connectivity index (χ0v) is 19.7. The molecule has 2 aromatic carbocycles. The molecule has 1 unspecified atom stereocenters. The quantitative estimate of drug-likeness (QED) is 0.448. The van der Waals surface area contributed by atoms with E-state index in [1.807, 2.05) is 57.2 Å². The van der Waals surface area contributed by atoms with Crippen LogP contribution in [0.3, 0.4) is 0 Å². The molecule has 0 heterocycles. The summed E-state index contributed by atoms with van der Waals surface area (Å²) in [5.41, 5.74) is 4.26. The highest BCUT2D eigenvalue weighted by Gasteiger charge is 2.30. The van der Waals surface area contributed by atoms with Crippen LogP contribution in [0.5, 0.6) is 0 Å². The summed E-state index contributed by atoms with van der Waals surface area (Å²) in [6.45, 7) is 5.37. The summed E-state index contributed by atoms with van der Waals surface area (Å²) in [4.78, 5) is 36.1. The van der Waals surface area contributed by atoms with E-state index in [1.165, 1.54) is 0 Å². The Bertz CT molecular complexity index is 1000. The number of aliphatic hydroxyl groups is 1. The minimum atomic E-state index is -1.39. The Morgan fingerprint density at radius 2 is 1.53 bits per heavy atom. The number of nitrogens with one attached hydrogen (secondary N) is 2. The topological polar surface area (TPSA) is 125 Å². The first-order valence-electron chi connectivity index (χ1n) is 11.3. The van der Waals surface area contributed by atoms with Gasteiger partial charge in [-0.3, -0.25) is 4.79 Å². The van der Waals surface area contributed by atoms with Crippen LogP contribution in [0, 0.1) is 5.41 Å². The molecule has 0 radical (unpaired) electrons. The molecule has 0 aliphatic heterocycles. The van der Waals surface area contributed by atoms with E-state index >= 15 is 0 Å². The van der Waals surface area contributed by atoms with Crippen molar-refractivity contribution in [2.45, 2.75) is 51.6 Å². The number of aliphatic hydroxyl groups excluding tert-OH is 1. The molecule has 3 rings (SSSR count). The van der Waals surface area contributed by atoms with Crippen molar-refractivity contribution in [3.63, 3.8) is 0 Å². The van der Waals surface area contributed by atoms with Crippen LogP contribution < -0.4 is 10.6 Å². The molecule has 1 aliphatic rings. The minimum absolute atomic E-state index is 0.0802. The van der Waals surface area contributed by atoms with Crippen molar-refractivity contribution < 1.29 is 29.3 Å². The number of ether oxygens (including phenoxy) is 1. The maximum Gasteiger partial charge on any atom is 0.407 e. The van der Waals surface area contributed by atoms with Crippen molar-refractivity contribution >= 4 is 18.0 Å². The lowest BCUT2D eigenvalue weighted by Gasteiger charge is -2.27. The van der Waals surface area contributed by atoms with E-state index in [-0.39, 0.29) is 24.4 Å². The van der Waals surface area contributed by atoms with Crippen LogP contribution in [-0.2, 0) is 14.3 Å². The Morgan fingerprint density at radius 1 is 0.971 bits per heavy atom. The predicted molar refractivity (Wildman–Crippen MR) is 127 cm³/mol. The molecule has 8 heteroatoms. The van der Waals surface area contributed by atoms with Gasteiger partial charge in [-0.2, -0.15) is 0 Å². The molecule has 0 bridgehead atoms. The SMILES string of the molecule is CC(C)(C)CC(CC(=O)N[C@H](CO)C(=O)O)NC(=O)OCC1c2ccccc2-c2ccccc21. The lowest BCUT2D eigenvalue weighted by Crippen LogP contribution is -2.47. The Hall–Kier alpha value is -3.39. The molecular weight excluding hydrogens is 436 g/mol. The second-order valence-electron chi connectivity index (χ2n) is 9.78. The van der Waals surface area contributed by atoms with Crippen molar-refractivity contribution in [2.75, 3.05) is 13.2 Å². The maximum absolute atomic E-state index is 12.7. The van der Waals surface area contributed by atoms with Gasteiger partial charge in [-0.1, -0.05) is 69.3 Å². The number of hydrogen-bond donors (Lipinski definition) is 4. The number of carboxylic acids is 1. The molecule has 2 amide bonds. The molecule has 34 heavy (non-hydrogen) atoms. The summed E-state index contributed by atoms with van der Waals surface area (Å²) >= 11 is 0. The van der Waals surface area contributed by atoms with Crippen LogP contribution in [0.4, 0.5) is 4.79 Å². The first-order valence-corrected chi connectivity index (χ1v) is 11.3. The molecule has 2 atom stereocenters. The summed E-state index contributed by atoms with van der Waals surface area (Å²) in [6.07, 6.45) is -0.298. The molecular formula is C26H32N2O6. The fourth-order valence-electron chi connectivity index (χ4n) is 4.38. The van der Waals surface area contributed by atoms with Crippen LogP contribution in [0.1, 0.15) is 50.7 Å². The first-order chi connectivity index (χ1) is 16.1. The van der Waals surface area contributed by atoms with Crippen LogP contribution >= 0.6 is 0 Å². The van der Waals surface area contributed by atoms with Crippen LogP contribution in [-0.4, -0.2) is 53.5 Å². The van der Waals surface area contributed by atoms with Gasteiger partial charge >= 0.3 is 12.1 Å². The highest BCUT2D eigenvalue weighted by Crippen LogP contribution is 2.44. The van der Waals surface area contributed by atoms with E-state index in [4.69, 9.17) is 14.9 Å². The summed E-state index contributed by atoms with van der Waals surface area (Å²) < 4.78 is 5.59. The van der Waals surface area contributed by atoms with Gasteiger partial charge in [0, 0.05) is 18.4 Å². The number of benzene rings is 2. The third-order valence-electron chi connectivity index (χ3n) is 5.77. The van der Waals surface area contributed by atoms with Gasteiger partial charge in [0.2, 0.25) is 5.91 Å². The molecule has 1 aliphatic carbocycles. The average Bonchev–Trinajstić information content (AvgIpc) is 3.08. The number of carboxylic acid groups (broad SMARTS) is 1. The number of amides is 2. The van der Waals surface area contributed by atoms with Crippen molar-refractivity contribution in [1.82, 2.24) is 10.6 Å². The molecule has 182 valence electrons. The van der Waals surface area contributed by atoms with E-state index in [0.29, 0.717) is 6.42 Å². The van der Waals surface area contributed by atoms with E-state index in [1.54, 1.807) is 0 Å². The number of aliphatic carboxylic acids is 1. The fourth-order valence-corrected chi connectivity index (χ4v) is 4.38. The molecule has 4 N–H and O–H groups in total. The van der Waals surface area contributed by atoms with Crippen LogP contribution in [0.25, 0.3) is 11.1 Å². The van der Waals surface area contributed by atoms with Crippen LogP contribution in [0.2, 0.25) is 0 Å². The van der Waals surface area contributed by atoms with Gasteiger partial charge in [0.15, 0.2) is 0 Å². The number of carbonyl (C=O) groups excluding carboxylic acids is 2. The second-order valence-corrected chi connectivity index (χ2v) is 9.78. The van der Waals surface area contributed by atoms with Crippen molar-refractivity contribution in [3.8, 4) is 11.1 Å². The van der Waals surface area contributed by atoms with Gasteiger partial charge < -0.3 is 25.6 Å². The molecule has 8 nitrogen and oxygen atoms in total. The Labute approximate surface area is 199 Å². The number of carbonyl (C=O) groups is 3. The molecule has 0 fully saturated rings. The zero-order valence-electron chi connectivity index (χ0n) is 19.7. The second kappa shape index (κ2) is 10.7. The van der Waals surface area contributed by atoms with Gasteiger partial charge in [-0.15, -0.1) is 0 Å². The third kappa shape index (κ3) is 6.35. The smallest absolute Gasteiger partial charge is 0.407 e. The number of rotatable bonds is 9. The van der Waals surface area contributed by atoms with E-state index in [2.05, 4.69) is 22.8 Å². The van der Waals surface area contributed by atoms with E-state index < -0.39 is 36.7 Å². The number of alkyl carbamates (subject to hydrolysis) is 1. The van der Waals surface area contributed by atoms with E-state index in [0.717, 1.165) is 22.3 Å². The van der Waals surface area contributed by atoms with Gasteiger partial charge in [-0.05, 0) is 34.1 Å². The zero-order chi connectivity index (χ0) is 24.9. The Morgan fingerprint density at radius 3 is 2.03 bits per heavy atom. The summed E-state index contributed by atoms with van der Waals surface area (Å²) in [5, 5.41) is 23.2. The lowest BCUT2D eigenvalue weighted by atomic mass is 9.87. The van der Waals surface area contributed by atoms with Gasteiger partial charge in [-0.25, -0.2) is 9.59 Å². The van der Waals surface area contributed by atoms with Crippen molar-refractivity contribution in [1.29, 1.82) is 0 Å². The Balaban J connectivity index is 1.64. The van der Waals surface area contributed by atoms with Gasteiger partial charge in [0.1, 0.15) is 12.6 Å². The van der Waals surface area contributed by atoms with Crippen molar-refractivity contribution in [2.24, 2.45) is 5.41 Å². The highest BCUT2D eigenvalue weighted by atomic mass is 16.5. The highest BCUT2D eigenvalue weighted by molar-refractivity contribution is 5.84. The standard InChI is InChI=1S/C26H32N2O6/c1-26(2,3)13-16(12-23(30)28-22(14-29)24(31)32)27-25(33)34-15-21-19-10-6-4-8-17(19)18-9-5-7-11-20(18)21/h4-11,16,21-22,29H,12-15H2,1-3H3,(H,27,33)(H,28,30)(H,31,32)/t16?,22-/m1/s1. The summed E-state index contributed by atoms with van der Waals surface area (Å²) in [5.74, 6) is -1.98. The van der Waals surface area contributed by atoms with E-state index in [9.17, 15) is 14.4 Å². The number of hydrogen-bond acceptors (Lipinski definition) is 5. The Kier molecular flexibility index (Phi) is 7.94. The summed E-state index contributed by atoms with van der Waals surface area (Å²) in [6, 6.07) is 14.1. The maximum atomic E-state index is 12.7. The van der Waals surface area contributed by atoms with Gasteiger partial charge in [0.05, 0.1) is 6.61 Å². The van der Waals surface area contributed by atoms with Crippen LogP contribution in [0.15, 0.2) is 48.5 Å². The summed E-state index contributed by atoms with van der Waals surface area (Å²) in [7, 11) is 0. The first kappa shape index (κ1) is 25.2. The molecule has 2 aromatic rings. The molecule has 0 saturated heterocycles. The van der Waals surface area contributed by atoms with Crippen molar-refractivity contribution in [3.05, 3.63) is 59.7 Å². The third-order valence-corrected chi connectivity index (χ3v) is 5.77. The predicted octanol–water partition coefficient (Wildman–Crippen LogP) is 3.28. The molecule has 0 saturated carbocycles. The minimum Gasteiger partial charge on any atom is -0.480 e. The molecule has 0 aromatic heterocycles. The van der Waals surface area contributed by atoms with Gasteiger partial charge in [0.25, 0.3) is 0 Å². The monoisotopic (exact) mass is 468 g/mol. The number of fused-ring (bicyclic) bond motifs is 3. The largest absolute Gasteiger partial charge is 0.480 e.